The number of carbonyl (C=O) groups is 1. The third kappa shape index (κ3) is 6.14. The van der Waals surface area contributed by atoms with Gasteiger partial charge in [0.2, 0.25) is 5.91 Å². The predicted molar refractivity (Wildman–Crippen MR) is 70.4 cm³/mol. The van der Waals surface area contributed by atoms with E-state index in [2.05, 4.69) is 20.8 Å². The van der Waals surface area contributed by atoms with Gasteiger partial charge in [-0.05, 0) is 18.8 Å². The van der Waals surface area contributed by atoms with Crippen LogP contribution in [0.5, 0.6) is 0 Å². The second-order valence-corrected chi connectivity index (χ2v) is 5.19. The maximum atomic E-state index is 12.0. The zero-order valence-corrected chi connectivity index (χ0v) is 11.8. The Labute approximate surface area is 101 Å². The van der Waals surface area contributed by atoms with E-state index < -0.39 is 0 Å². The third-order valence-corrected chi connectivity index (χ3v) is 2.88. The van der Waals surface area contributed by atoms with E-state index in [9.17, 15) is 4.79 Å². The summed E-state index contributed by atoms with van der Waals surface area (Å²) in [5, 5.41) is 0. The number of rotatable bonds is 8. The van der Waals surface area contributed by atoms with Crippen LogP contribution in [0.25, 0.3) is 0 Å². The zero-order valence-electron chi connectivity index (χ0n) is 11.8. The van der Waals surface area contributed by atoms with Crippen LogP contribution in [0.1, 0.15) is 60.3 Å². The number of amides is 1. The lowest BCUT2D eigenvalue weighted by Gasteiger charge is -2.27. The predicted octanol–water partition coefficient (Wildman–Crippen LogP) is 3.71. The van der Waals surface area contributed by atoms with Gasteiger partial charge >= 0.3 is 0 Å². The first-order valence-corrected chi connectivity index (χ1v) is 6.81. The molecule has 0 aromatic heterocycles. The van der Waals surface area contributed by atoms with E-state index in [-0.39, 0.29) is 5.92 Å². The van der Waals surface area contributed by atoms with E-state index in [1.165, 1.54) is 19.3 Å². The average Bonchev–Trinajstić information content (AvgIpc) is 2.24. The largest absolute Gasteiger partial charge is 0.342 e. The molecule has 0 rings (SSSR count). The van der Waals surface area contributed by atoms with E-state index in [0.29, 0.717) is 11.8 Å². The minimum atomic E-state index is 0.130. The van der Waals surface area contributed by atoms with Gasteiger partial charge in [0.15, 0.2) is 0 Å². The summed E-state index contributed by atoms with van der Waals surface area (Å²) in [6.07, 6.45) is 4.81. The maximum Gasteiger partial charge on any atom is 0.225 e. The molecule has 0 heterocycles. The Morgan fingerprint density at radius 3 is 2.19 bits per heavy atom. The fourth-order valence-corrected chi connectivity index (χ4v) is 1.95. The lowest BCUT2D eigenvalue weighted by molar-refractivity contribution is -0.135. The van der Waals surface area contributed by atoms with Gasteiger partial charge in [-0.15, -0.1) is 0 Å². The van der Waals surface area contributed by atoms with Crippen molar-refractivity contribution in [3.8, 4) is 0 Å². The van der Waals surface area contributed by atoms with E-state index in [4.69, 9.17) is 0 Å². The summed E-state index contributed by atoms with van der Waals surface area (Å²) < 4.78 is 0. The molecule has 2 heteroatoms. The Kier molecular flexibility index (Phi) is 8.32. The number of hydrogen-bond acceptors (Lipinski definition) is 1. The molecule has 1 amide bonds. The van der Waals surface area contributed by atoms with Crippen LogP contribution in [-0.4, -0.2) is 23.9 Å². The molecule has 96 valence electrons. The first-order valence-electron chi connectivity index (χ1n) is 6.81. The first-order chi connectivity index (χ1) is 7.52. The highest BCUT2D eigenvalue weighted by Crippen LogP contribution is 2.12. The van der Waals surface area contributed by atoms with Crippen molar-refractivity contribution < 1.29 is 4.79 Å². The maximum absolute atomic E-state index is 12.0. The molecular weight excluding hydrogens is 198 g/mol. The monoisotopic (exact) mass is 227 g/mol. The number of unbranched alkanes of at least 4 members (excludes halogenated alkanes) is 1. The molecule has 0 N–H and O–H groups in total. The fourth-order valence-electron chi connectivity index (χ4n) is 1.95. The Balaban J connectivity index is 4.16. The highest BCUT2D eigenvalue weighted by molar-refractivity contribution is 5.78. The summed E-state index contributed by atoms with van der Waals surface area (Å²) in [5.74, 6) is 1.07. The Hall–Kier alpha value is -0.530. The fraction of sp³-hybridized carbons (Fsp3) is 0.929. The summed E-state index contributed by atoms with van der Waals surface area (Å²) >= 11 is 0. The summed E-state index contributed by atoms with van der Waals surface area (Å²) in [4.78, 5) is 14.0. The molecular formula is C14H29NO. The number of hydrogen-bond donors (Lipinski definition) is 0. The van der Waals surface area contributed by atoms with Crippen LogP contribution in [0.15, 0.2) is 0 Å². The van der Waals surface area contributed by atoms with Crippen LogP contribution in [0, 0.1) is 11.8 Å². The van der Waals surface area contributed by atoms with Gasteiger partial charge in [-0.25, -0.2) is 0 Å². The third-order valence-electron chi connectivity index (χ3n) is 2.88. The second-order valence-electron chi connectivity index (χ2n) is 5.19. The van der Waals surface area contributed by atoms with Gasteiger partial charge in [0.1, 0.15) is 0 Å². The molecule has 0 saturated carbocycles. The molecule has 1 atom stereocenters. The van der Waals surface area contributed by atoms with Crippen molar-refractivity contribution in [1.29, 1.82) is 0 Å². The van der Waals surface area contributed by atoms with Gasteiger partial charge in [0.05, 0.1) is 0 Å². The van der Waals surface area contributed by atoms with Gasteiger partial charge < -0.3 is 4.90 Å². The first kappa shape index (κ1) is 15.5. The highest BCUT2D eigenvalue weighted by Gasteiger charge is 2.18. The minimum Gasteiger partial charge on any atom is -0.342 e. The smallest absolute Gasteiger partial charge is 0.225 e. The summed E-state index contributed by atoms with van der Waals surface area (Å²) in [7, 11) is 0. The Morgan fingerprint density at radius 2 is 1.75 bits per heavy atom. The molecule has 0 radical (unpaired) electrons. The van der Waals surface area contributed by atoms with Crippen molar-refractivity contribution in [3.05, 3.63) is 0 Å². The Morgan fingerprint density at radius 1 is 1.12 bits per heavy atom. The molecule has 0 saturated heterocycles. The molecule has 0 aliphatic heterocycles. The van der Waals surface area contributed by atoms with E-state index in [0.717, 1.165) is 19.5 Å². The zero-order chi connectivity index (χ0) is 12.6. The van der Waals surface area contributed by atoms with Crippen LogP contribution >= 0.6 is 0 Å². The van der Waals surface area contributed by atoms with Crippen molar-refractivity contribution in [3.63, 3.8) is 0 Å². The molecule has 0 aromatic carbocycles. The number of carbonyl (C=O) groups excluding carboxylic acids is 1. The van der Waals surface area contributed by atoms with Crippen molar-refractivity contribution in [2.75, 3.05) is 13.1 Å². The van der Waals surface area contributed by atoms with E-state index in [1.807, 2.05) is 18.7 Å². The molecule has 1 unspecified atom stereocenters. The highest BCUT2D eigenvalue weighted by atomic mass is 16.2. The SMILES string of the molecule is CCCCC(C)CN(CCC)C(=O)C(C)C. The Bertz CT molecular complexity index is 189. The molecule has 2 nitrogen and oxygen atoms in total. The summed E-state index contributed by atoms with van der Waals surface area (Å²) in [5.41, 5.74) is 0. The topological polar surface area (TPSA) is 20.3 Å². The van der Waals surface area contributed by atoms with Gasteiger partial charge in [0, 0.05) is 19.0 Å². The van der Waals surface area contributed by atoms with Crippen LogP contribution in [0.4, 0.5) is 0 Å². The van der Waals surface area contributed by atoms with Crippen LogP contribution in [-0.2, 0) is 4.79 Å². The van der Waals surface area contributed by atoms with E-state index in [1.54, 1.807) is 0 Å². The van der Waals surface area contributed by atoms with Crippen LogP contribution in [0.3, 0.4) is 0 Å². The van der Waals surface area contributed by atoms with Gasteiger partial charge in [-0.3, -0.25) is 4.79 Å². The van der Waals surface area contributed by atoms with Gasteiger partial charge in [-0.1, -0.05) is 47.5 Å². The van der Waals surface area contributed by atoms with Crippen molar-refractivity contribution in [1.82, 2.24) is 4.90 Å². The molecule has 0 bridgehead atoms. The van der Waals surface area contributed by atoms with Gasteiger partial charge in [-0.2, -0.15) is 0 Å². The second kappa shape index (κ2) is 8.60. The molecule has 16 heavy (non-hydrogen) atoms. The quantitative estimate of drug-likeness (QED) is 0.619. The standard InChI is InChI=1S/C14H29NO/c1-6-8-9-13(5)11-15(10-7-2)14(16)12(3)4/h12-13H,6-11H2,1-5H3. The van der Waals surface area contributed by atoms with Crippen molar-refractivity contribution in [2.45, 2.75) is 60.3 Å². The lowest BCUT2D eigenvalue weighted by atomic mass is 10.0. The lowest BCUT2D eigenvalue weighted by Crippen LogP contribution is -2.38. The average molecular weight is 227 g/mol. The molecule has 0 aliphatic carbocycles. The van der Waals surface area contributed by atoms with Crippen LogP contribution in [0.2, 0.25) is 0 Å². The summed E-state index contributed by atoms with van der Waals surface area (Å²) in [6.45, 7) is 12.4. The van der Waals surface area contributed by atoms with Crippen molar-refractivity contribution in [2.24, 2.45) is 11.8 Å². The molecule has 0 fully saturated rings. The molecule has 0 spiro atoms. The molecule has 0 aliphatic rings. The van der Waals surface area contributed by atoms with Crippen molar-refractivity contribution >= 4 is 5.91 Å². The summed E-state index contributed by atoms with van der Waals surface area (Å²) in [6, 6.07) is 0. The number of nitrogens with zero attached hydrogens (tertiary/aromatic N) is 1. The normalized spacial score (nSPS) is 12.9. The van der Waals surface area contributed by atoms with E-state index >= 15 is 0 Å². The van der Waals surface area contributed by atoms with Crippen LogP contribution < -0.4 is 0 Å². The van der Waals surface area contributed by atoms with Gasteiger partial charge in [0.25, 0.3) is 0 Å². The molecule has 0 aromatic rings. The minimum absolute atomic E-state index is 0.130.